The topological polar surface area (TPSA) is 242 Å². The third-order valence-corrected chi connectivity index (χ3v) is 7.02. The lowest BCUT2D eigenvalue weighted by molar-refractivity contribution is 0.0601. The van der Waals surface area contributed by atoms with Gasteiger partial charge in [0, 0.05) is 11.9 Å². The Morgan fingerprint density at radius 2 is 1.76 bits per heavy atom. The van der Waals surface area contributed by atoms with Gasteiger partial charge < -0.3 is 21.9 Å². The fraction of sp³-hybridized carbons (Fsp3) is 0.150. The van der Waals surface area contributed by atoms with Crippen LogP contribution in [-0.2, 0) is 25.0 Å². The van der Waals surface area contributed by atoms with E-state index in [4.69, 9.17) is 21.8 Å². The Kier molecular flexibility index (Phi) is 9.17. The van der Waals surface area contributed by atoms with E-state index in [9.17, 15) is 26.2 Å². The summed E-state index contributed by atoms with van der Waals surface area (Å²) in [7, 11) is -8.00. The average molecular weight is 573 g/mol. The van der Waals surface area contributed by atoms with Crippen LogP contribution in [0.3, 0.4) is 0 Å². The fourth-order valence-corrected chi connectivity index (χ4v) is 4.69. The number of methoxy groups -OCH3 is 1. The molecule has 3 aromatic rings. The third-order valence-electron chi connectivity index (χ3n) is 4.42. The van der Waals surface area contributed by atoms with E-state index in [0.29, 0.717) is 10.7 Å². The molecule has 0 saturated carbocycles. The Balaban J connectivity index is 0.000000291. The lowest BCUT2D eigenvalue weighted by Crippen LogP contribution is -2.27. The number of allylic oxidation sites excluding steroid dienone is 1. The van der Waals surface area contributed by atoms with E-state index in [1.54, 1.807) is 18.2 Å². The van der Waals surface area contributed by atoms with Gasteiger partial charge in [-0.3, -0.25) is 9.11 Å². The van der Waals surface area contributed by atoms with Crippen LogP contribution in [0.4, 0.5) is 10.8 Å². The Labute approximate surface area is 216 Å². The Bertz CT molecular complexity index is 1590. The zero-order valence-electron chi connectivity index (χ0n) is 19.7. The quantitative estimate of drug-likeness (QED) is 0.122. The molecule has 200 valence electrons. The number of fused-ring (bicyclic) bond motifs is 1. The summed E-state index contributed by atoms with van der Waals surface area (Å²) in [5, 5.41) is 5.13. The maximum absolute atomic E-state index is 11.5. The van der Waals surface area contributed by atoms with Gasteiger partial charge in [-0.2, -0.15) is 21.9 Å². The molecule has 0 saturated heterocycles. The maximum Gasteiger partial charge on any atom is 0.337 e. The van der Waals surface area contributed by atoms with Crippen molar-refractivity contribution in [2.75, 3.05) is 17.9 Å². The largest absolute Gasteiger partial charge is 0.465 e. The minimum atomic E-state index is -4.73. The number of nitrogens with two attached hydrogens (primary N) is 3. The monoisotopic (exact) mass is 572 g/mol. The molecule has 0 aliphatic heterocycles. The summed E-state index contributed by atoms with van der Waals surface area (Å²) >= 11 is 1.35. The van der Waals surface area contributed by atoms with Crippen molar-refractivity contribution in [2.45, 2.75) is 23.6 Å². The number of anilines is 2. The van der Waals surface area contributed by atoms with E-state index in [0.717, 1.165) is 33.4 Å². The smallest absolute Gasteiger partial charge is 0.337 e. The van der Waals surface area contributed by atoms with Crippen LogP contribution in [-0.4, -0.2) is 50.2 Å². The highest BCUT2D eigenvalue weighted by atomic mass is 32.2. The SMILES string of the molecule is C/C=N/N(/C(N)=C(\C)N)c1cc(S(=O)(=O)O)ccc1S(=O)(=O)O.COC(=O)c1ccc2nc(N)sc2c1. The molecule has 0 aliphatic rings. The third kappa shape index (κ3) is 7.37. The number of esters is 1. The molecule has 0 atom stereocenters. The van der Waals surface area contributed by atoms with Gasteiger partial charge in [-0.25, -0.2) is 14.8 Å². The first-order chi connectivity index (χ1) is 17.1. The number of benzene rings is 2. The molecule has 1 heterocycles. The second-order valence-electron chi connectivity index (χ2n) is 7.06. The summed E-state index contributed by atoms with van der Waals surface area (Å²) in [6.07, 6.45) is 1.24. The minimum Gasteiger partial charge on any atom is -0.465 e. The highest BCUT2D eigenvalue weighted by Gasteiger charge is 2.25. The second-order valence-corrected chi connectivity index (χ2v) is 10.9. The summed E-state index contributed by atoms with van der Waals surface area (Å²) in [5.41, 5.74) is 17.8. The number of hydrazone groups is 1. The summed E-state index contributed by atoms with van der Waals surface area (Å²) in [4.78, 5) is 14.0. The number of aromatic nitrogens is 1. The van der Waals surface area contributed by atoms with Crippen molar-refractivity contribution in [1.82, 2.24) is 4.98 Å². The van der Waals surface area contributed by atoms with E-state index >= 15 is 0 Å². The van der Waals surface area contributed by atoms with Crippen LogP contribution in [0.15, 0.2) is 62.8 Å². The highest BCUT2D eigenvalue weighted by Crippen LogP contribution is 2.30. The summed E-state index contributed by atoms with van der Waals surface area (Å²) in [6.45, 7) is 2.90. The molecule has 2 aromatic carbocycles. The van der Waals surface area contributed by atoms with E-state index in [-0.39, 0.29) is 17.5 Å². The average Bonchev–Trinajstić information content (AvgIpc) is 3.19. The molecule has 0 bridgehead atoms. The Morgan fingerprint density at radius 3 is 2.27 bits per heavy atom. The van der Waals surface area contributed by atoms with Gasteiger partial charge in [-0.15, -0.1) is 0 Å². The number of nitrogen functional groups attached to an aromatic ring is 1. The van der Waals surface area contributed by atoms with E-state index in [1.807, 2.05) is 0 Å². The van der Waals surface area contributed by atoms with Crippen LogP contribution < -0.4 is 22.2 Å². The molecule has 17 heteroatoms. The molecule has 1 aromatic heterocycles. The predicted molar refractivity (Wildman–Crippen MR) is 139 cm³/mol. The van der Waals surface area contributed by atoms with Crippen LogP contribution in [0, 0.1) is 0 Å². The zero-order valence-corrected chi connectivity index (χ0v) is 22.1. The number of thiazole rings is 1. The van der Waals surface area contributed by atoms with Crippen molar-refractivity contribution < 1.29 is 35.5 Å². The van der Waals surface area contributed by atoms with Crippen LogP contribution in [0.5, 0.6) is 0 Å². The number of carbonyl (C=O) groups is 1. The van der Waals surface area contributed by atoms with Gasteiger partial charge in [0.1, 0.15) is 10.7 Å². The van der Waals surface area contributed by atoms with Gasteiger partial charge in [-0.05, 0) is 50.2 Å². The number of carbonyl (C=O) groups excluding carboxylic acids is 1. The molecule has 3 rings (SSSR count). The molecule has 8 N–H and O–H groups in total. The van der Waals surface area contributed by atoms with Crippen molar-refractivity contribution in [3.8, 4) is 0 Å². The molecular weight excluding hydrogens is 548 g/mol. The first-order valence-electron chi connectivity index (χ1n) is 9.94. The molecular formula is C20H24N6O8S3. The minimum absolute atomic E-state index is 0.0640. The maximum atomic E-state index is 11.5. The number of rotatable bonds is 6. The Hall–Kier alpha value is -3.77. The molecule has 0 aliphatic carbocycles. The van der Waals surface area contributed by atoms with Crippen molar-refractivity contribution in [3.05, 3.63) is 53.5 Å². The zero-order chi connectivity index (χ0) is 28.1. The van der Waals surface area contributed by atoms with Crippen LogP contribution in [0.25, 0.3) is 10.2 Å². The lowest BCUT2D eigenvalue weighted by Gasteiger charge is -2.22. The summed E-state index contributed by atoms with van der Waals surface area (Å²) in [5.74, 6) is -0.542. The van der Waals surface area contributed by atoms with E-state index < -0.39 is 35.7 Å². The van der Waals surface area contributed by atoms with Gasteiger partial charge in [0.25, 0.3) is 20.2 Å². The van der Waals surface area contributed by atoms with Gasteiger partial charge in [0.15, 0.2) is 5.13 Å². The number of ether oxygens (including phenoxy) is 1. The van der Waals surface area contributed by atoms with Crippen molar-refractivity contribution >= 4 is 64.8 Å². The van der Waals surface area contributed by atoms with E-state index in [1.165, 1.54) is 38.5 Å². The van der Waals surface area contributed by atoms with Crippen molar-refractivity contribution in [1.29, 1.82) is 0 Å². The standard InChI is InChI=1S/C11H16N4O6S2.C9H8N2O2S/c1-3-14-15(11(13)7(2)12)9-6-8(22(16,17)18)4-5-10(9)23(19,20)21;1-13-8(12)5-2-3-6-7(4-5)14-9(10)11-6/h3-6H,12-13H2,1-2H3,(H,16,17,18)(H,19,20,21);2-4H,1H3,(H2,10,11)/b11-7+,14-3+;. The van der Waals surface area contributed by atoms with Crippen LogP contribution in [0.2, 0.25) is 0 Å². The van der Waals surface area contributed by atoms with Gasteiger partial charge in [0.2, 0.25) is 0 Å². The van der Waals surface area contributed by atoms with Crippen LogP contribution >= 0.6 is 11.3 Å². The first-order valence-corrected chi connectivity index (χ1v) is 13.6. The normalized spacial score (nSPS) is 12.6. The van der Waals surface area contributed by atoms with Crippen molar-refractivity contribution in [2.24, 2.45) is 16.6 Å². The van der Waals surface area contributed by atoms with Gasteiger partial charge in [-0.1, -0.05) is 11.3 Å². The van der Waals surface area contributed by atoms with Gasteiger partial charge in [0.05, 0.1) is 33.5 Å². The predicted octanol–water partition coefficient (Wildman–Crippen LogP) is 1.76. The molecule has 0 unspecified atom stereocenters. The molecule has 0 fully saturated rings. The van der Waals surface area contributed by atoms with Gasteiger partial charge >= 0.3 is 5.97 Å². The highest BCUT2D eigenvalue weighted by molar-refractivity contribution is 7.86. The number of nitrogens with zero attached hydrogens (tertiary/aromatic N) is 3. The second kappa shape index (κ2) is 11.5. The summed E-state index contributed by atoms with van der Waals surface area (Å²) < 4.78 is 69.4. The number of hydrogen-bond donors (Lipinski definition) is 5. The van der Waals surface area contributed by atoms with Crippen LogP contribution in [0.1, 0.15) is 24.2 Å². The van der Waals surface area contributed by atoms with E-state index in [2.05, 4.69) is 14.8 Å². The molecule has 0 spiro atoms. The molecule has 14 nitrogen and oxygen atoms in total. The fourth-order valence-electron chi connectivity index (χ4n) is 2.77. The molecule has 37 heavy (non-hydrogen) atoms. The summed E-state index contributed by atoms with van der Waals surface area (Å²) in [6, 6.07) is 7.56. The first kappa shape index (κ1) is 29.5. The molecule has 0 radical (unpaired) electrons. The lowest BCUT2D eigenvalue weighted by atomic mass is 10.2. The Morgan fingerprint density at radius 1 is 1.11 bits per heavy atom. The molecule has 0 amide bonds. The van der Waals surface area contributed by atoms with Crippen molar-refractivity contribution in [3.63, 3.8) is 0 Å². The number of hydrogen-bond acceptors (Lipinski definition) is 13.